The van der Waals surface area contributed by atoms with Gasteiger partial charge in [-0.1, -0.05) is 6.07 Å². The molecule has 0 saturated heterocycles. The molecule has 0 bridgehead atoms. The molecule has 0 radical (unpaired) electrons. The molecule has 0 atom stereocenters. The van der Waals surface area contributed by atoms with E-state index in [1.165, 1.54) is 18.3 Å². The highest BCUT2D eigenvalue weighted by atomic mass is 31.2. The quantitative estimate of drug-likeness (QED) is 0.134. The minimum atomic E-state index is -4.77. The molecular weight excluding hydrogens is 664 g/mol. The highest BCUT2D eigenvalue weighted by Crippen LogP contribution is 2.51. The topological polar surface area (TPSA) is 145 Å². The molecule has 1 aliphatic carbocycles. The summed E-state index contributed by atoms with van der Waals surface area (Å²) in [5.74, 6) is -1.07. The number of aromatic nitrogens is 3. The SMILES string of the molecule is CCOC(=O)C1CCC(c2ccc(Nc3ncc(C(F)(F)F)c(Nc4ccc(CP(=O)(OCC)OCC)nc4)n3)c3c2CN(C)C3=O)CC1. The number of esters is 1. The fourth-order valence-corrected chi connectivity index (χ4v) is 7.91. The van der Waals surface area contributed by atoms with Gasteiger partial charge in [0.2, 0.25) is 5.95 Å². The van der Waals surface area contributed by atoms with Gasteiger partial charge in [0.05, 0.1) is 60.7 Å². The van der Waals surface area contributed by atoms with E-state index in [2.05, 4.69) is 25.6 Å². The number of nitrogens with zero attached hydrogens (tertiary/aromatic N) is 4. The van der Waals surface area contributed by atoms with Gasteiger partial charge < -0.3 is 29.3 Å². The molecular formula is C33H40F3N6O6P. The monoisotopic (exact) mass is 704 g/mol. The van der Waals surface area contributed by atoms with Crippen molar-refractivity contribution in [3.8, 4) is 0 Å². The Hall–Kier alpha value is -4.07. The van der Waals surface area contributed by atoms with E-state index in [1.807, 2.05) is 6.07 Å². The van der Waals surface area contributed by atoms with Crippen LogP contribution < -0.4 is 10.6 Å². The molecule has 0 spiro atoms. The number of amides is 1. The molecule has 1 saturated carbocycles. The van der Waals surface area contributed by atoms with Crippen LogP contribution in [0.5, 0.6) is 0 Å². The van der Waals surface area contributed by atoms with Gasteiger partial charge in [-0.25, -0.2) is 4.98 Å². The summed E-state index contributed by atoms with van der Waals surface area (Å²) < 4.78 is 70.7. The molecule has 12 nitrogen and oxygen atoms in total. The second-order valence-corrected chi connectivity index (χ2v) is 13.9. The summed E-state index contributed by atoms with van der Waals surface area (Å²) in [5, 5.41) is 5.64. The number of anilines is 4. The van der Waals surface area contributed by atoms with Crippen LogP contribution in [-0.2, 0) is 42.0 Å². The van der Waals surface area contributed by atoms with Crippen LogP contribution >= 0.6 is 7.60 Å². The van der Waals surface area contributed by atoms with Crippen LogP contribution in [0.15, 0.2) is 36.7 Å². The number of carbonyl (C=O) groups is 2. The van der Waals surface area contributed by atoms with Gasteiger partial charge in [-0.15, -0.1) is 0 Å². The fraction of sp³-hybridized carbons (Fsp3) is 0.485. The van der Waals surface area contributed by atoms with E-state index in [-0.39, 0.29) is 54.7 Å². The largest absolute Gasteiger partial charge is 0.466 e. The highest BCUT2D eigenvalue weighted by Gasteiger charge is 2.37. The standard InChI is InChI=1S/C33H40F3N6O6P/c1-5-46-31(44)21-10-8-20(9-11-21)24-14-15-27(28-25(24)18-42(4)30(28)43)40-32-38-17-26(33(34,35)36)29(41-32)39-22-12-13-23(37-16-22)19-49(45,47-6-2)48-7-3/h12-17,20-21H,5-11,18-19H2,1-4H3,(H2,38,39,40,41). The van der Waals surface area contributed by atoms with Crippen LogP contribution in [0.3, 0.4) is 0 Å². The van der Waals surface area contributed by atoms with E-state index >= 15 is 0 Å². The molecule has 264 valence electrons. The first kappa shape index (κ1) is 36.2. The molecule has 49 heavy (non-hydrogen) atoms. The summed E-state index contributed by atoms with van der Waals surface area (Å²) in [5.41, 5.74) is 2.11. The molecule has 16 heteroatoms. The number of pyridine rings is 1. The van der Waals surface area contributed by atoms with E-state index in [4.69, 9.17) is 13.8 Å². The Morgan fingerprint density at radius 3 is 2.31 bits per heavy atom. The molecule has 1 aromatic carbocycles. The lowest BCUT2D eigenvalue weighted by atomic mass is 9.77. The molecule has 0 unspecified atom stereocenters. The van der Waals surface area contributed by atoms with Gasteiger partial charge in [0.25, 0.3) is 5.91 Å². The third kappa shape index (κ3) is 8.39. The van der Waals surface area contributed by atoms with E-state index in [1.54, 1.807) is 38.8 Å². The van der Waals surface area contributed by atoms with Crippen LogP contribution in [0.25, 0.3) is 0 Å². The zero-order chi connectivity index (χ0) is 35.3. The van der Waals surface area contributed by atoms with Crippen LogP contribution in [0, 0.1) is 5.92 Å². The molecule has 1 amide bonds. The van der Waals surface area contributed by atoms with Crippen molar-refractivity contribution >= 4 is 42.6 Å². The molecule has 1 aliphatic heterocycles. The Morgan fingerprint density at radius 2 is 1.69 bits per heavy atom. The number of ether oxygens (including phenoxy) is 1. The number of benzene rings is 1. The minimum absolute atomic E-state index is 0.101. The average molecular weight is 705 g/mol. The maximum atomic E-state index is 14.0. The number of alkyl halides is 3. The third-order valence-corrected chi connectivity index (χ3v) is 10.5. The molecule has 2 N–H and O–H groups in total. The molecule has 1 fully saturated rings. The van der Waals surface area contributed by atoms with E-state index in [9.17, 15) is 27.3 Å². The summed E-state index contributed by atoms with van der Waals surface area (Å²) in [7, 11) is -1.74. The fourth-order valence-electron chi connectivity index (χ4n) is 6.28. The van der Waals surface area contributed by atoms with Crippen LogP contribution in [0.4, 0.5) is 36.3 Å². The first-order valence-electron chi connectivity index (χ1n) is 16.2. The van der Waals surface area contributed by atoms with Gasteiger partial charge in [-0.05, 0) is 81.7 Å². The second kappa shape index (κ2) is 15.2. The van der Waals surface area contributed by atoms with Gasteiger partial charge in [0.1, 0.15) is 11.4 Å². The van der Waals surface area contributed by atoms with Crippen molar-refractivity contribution in [2.24, 2.45) is 5.92 Å². The Labute approximate surface area is 282 Å². The number of halogens is 3. The Bertz CT molecular complexity index is 1710. The maximum absolute atomic E-state index is 14.0. The normalized spacial score (nSPS) is 17.9. The van der Waals surface area contributed by atoms with Gasteiger partial charge in [-0.2, -0.15) is 18.2 Å². The van der Waals surface area contributed by atoms with E-state index in [0.717, 1.165) is 24.0 Å². The van der Waals surface area contributed by atoms with Crippen LogP contribution in [0.1, 0.15) is 85.1 Å². The number of rotatable bonds is 13. The van der Waals surface area contributed by atoms with E-state index in [0.29, 0.717) is 49.1 Å². The summed E-state index contributed by atoms with van der Waals surface area (Å²) in [6, 6.07) is 6.65. The second-order valence-electron chi connectivity index (χ2n) is 11.9. The molecule has 3 heterocycles. The van der Waals surface area contributed by atoms with Crippen LogP contribution in [0.2, 0.25) is 0 Å². The predicted octanol–water partition coefficient (Wildman–Crippen LogP) is 7.57. The minimum Gasteiger partial charge on any atom is -0.466 e. The number of carbonyl (C=O) groups excluding carboxylic acids is 2. The summed E-state index contributed by atoms with van der Waals surface area (Å²) in [6.07, 6.45) is 0.0168. The lowest BCUT2D eigenvalue weighted by Gasteiger charge is -2.29. The molecule has 5 rings (SSSR count). The summed E-state index contributed by atoms with van der Waals surface area (Å²) in [6.45, 7) is 6.25. The van der Waals surface area contributed by atoms with Crippen LogP contribution in [-0.4, -0.2) is 58.6 Å². The molecule has 2 aromatic heterocycles. The van der Waals surface area contributed by atoms with Gasteiger partial charge in [0, 0.05) is 19.8 Å². The Morgan fingerprint density at radius 1 is 0.980 bits per heavy atom. The van der Waals surface area contributed by atoms with Crippen molar-refractivity contribution in [1.29, 1.82) is 0 Å². The number of hydrogen-bond acceptors (Lipinski definition) is 11. The van der Waals surface area contributed by atoms with Crippen molar-refractivity contribution in [3.63, 3.8) is 0 Å². The Kier molecular flexibility index (Phi) is 11.3. The highest BCUT2D eigenvalue weighted by molar-refractivity contribution is 7.53. The third-order valence-electron chi connectivity index (χ3n) is 8.53. The molecule has 2 aliphatic rings. The van der Waals surface area contributed by atoms with Crippen molar-refractivity contribution in [2.75, 3.05) is 37.5 Å². The number of hydrogen-bond donors (Lipinski definition) is 2. The van der Waals surface area contributed by atoms with Gasteiger partial charge in [-0.3, -0.25) is 19.1 Å². The van der Waals surface area contributed by atoms with Gasteiger partial charge >= 0.3 is 19.7 Å². The first-order chi connectivity index (χ1) is 23.4. The average Bonchev–Trinajstić information content (AvgIpc) is 3.36. The zero-order valence-corrected chi connectivity index (χ0v) is 28.7. The van der Waals surface area contributed by atoms with Crippen molar-refractivity contribution < 1.29 is 41.1 Å². The number of fused-ring (bicyclic) bond motifs is 1. The molecule has 3 aromatic rings. The summed E-state index contributed by atoms with van der Waals surface area (Å²) >= 11 is 0. The zero-order valence-electron chi connectivity index (χ0n) is 27.8. The lowest BCUT2D eigenvalue weighted by Crippen LogP contribution is -2.23. The van der Waals surface area contributed by atoms with E-state index < -0.39 is 25.2 Å². The van der Waals surface area contributed by atoms with Crippen molar-refractivity contribution in [2.45, 2.75) is 71.3 Å². The maximum Gasteiger partial charge on any atom is 0.421 e. The predicted molar refractivity (Wildman–Crippen MR) is 176 cm³/mol. The smallest absolute Gasteiger partial charge is 0.421 e. The lowest BCUT2D eigenvalue weighted by molar-refractivity contribution is -0.149. The summed E-state index contributed by atoms with van der Waals surface area (Å²) in [4.78, 5) is 39.5. The number of nitrogens with one attached hydrogen (secondary N) is 2. The Balaban J connectivity index is 1.38. The van der Waals surface area contributed by atoms with Gasteiger partial charge in [0.15, 0.2) is 0 Å². The van der Waals surface area contributed by atoms with Crippen molar-refractivity contribution in [3.05, 3.63) is 64.6 Å². The first-order valence-corrected chi connectivity index (χ1v) is 18.0. The van der Waals surface area contributed by atoms with Crippen molar-refractivity contribution in [1.82, 2.24) is 19.9 Å².